The van der Waals surface area contributed by atoms with Gasteiger partial charge in [-0.1, -0.05) is 12.2 Å². The molecule has 0 radical (unpaired) electrons. The molecule has 24 heavy (non-hydrogen) atoms. The number of amides is 3. The van der Waals surface area contributed by atoms with Crippen LogP contribution in [0.3, 0.4) is 0 Å². The van der Waals surface area contributed by atoms with E-state index in [9.17, 15) is 9.59 Å². The van der Waals surface area contributed by atoms with E-state index in [0.29, 0.717) is 10.6 Å². The number of aromatic nitrogens is 1. The van der Waals surface area contributed by atoms with Crippen LogP contribution in [0.2, 0.25) is 0 Å². The first-order chi connectivity index (χ1) is 11.6. The Labute approximate surface area is 142 Å². The van der Waals surface area contributed by atoms with Crippen LogP contribution < -0.4 is 11.1 Å². The molecule has 2 aromatic heterocycles. The fraction of sp³-hybridized carbons (Fsp3) is 0. The van der Waals surface area contributed by atoms with Gasteiger partial charge in [-0.2, -0.15) is 0 Å². The van der Waals surface area contributed by atoms with Gasteiger partial charge in [-0.05, 0) is 35.9 Å². The van der Waals surface area contributed by atoms with Gasteiger partial charge in [-0.25, -0.2) is 4.79 Å². The van der Waals surface area contributed by atoms with Crippen molar-refractivity contribution in [3.05, 3.63) is 72.9 Å². The first-order valence-electron chi connectivity index (χ1n) is 7.10. The lowest BCUT2D eigenvalue weighted by Crippen LogP contribution is -2.23. The number of allylic oxidation sites excluding steroid dienone is 4. The number of anilines is 1. The molecule has 0 saturated heterocycles. The SMILES string of the molecule is NC(=O)Nc1sc(-c2ccncc2)cc1C(=O)N1C=CC=CC=C1. The highest BCUT2D eigenvalue weighted by atomic mass is 32.1. The van der Waals surface area contributed by atoms with Crippen molar-refractivity contribution in [1.29, 1.82) is 0 Å². The highest BCUT2D eigenvalue weighted by Crippen LogP contribution is 2.36. The van der Waals surface area contributed by atoms with Crippen molar-refractivity contribution in [2.45, 2.75) is 0 Å². The molecule has 0 fully saturated rings. The summed E-state index contributed by atoms with van der Waals surface area (Å²) in [5, 5.41) is 2.94. The number of nitrogens with one attached hydrogen (secondary N) is 1. The summed E-state index contributed by atoms with van der Waals surface area (Å²) in [5.41, 5.74) is 6.51. The Morgan fingerprint density at radius 2 is 1.75 bits per heavy atom. The van der Waals surface area contributed by atoms with E-state index < -0.39 is 6.03 Å². The van der Waals surface area contributed by atoms with E-state index in [1.165, 1.54) is 16.2 Å². The van der Waals surface area contributed by atoms with Crippen LogP contribution in [-0.4, -0.2) is 21.8 Å². The lowest BCUT2D eigenvalue weighted by atomic mass is 10.2. The second kappa shape index (κ2) is 6.93. The monoisotopic (exact) mass is 338 g/mol. The summed E-state index contributed by atoms with van der Waals surface area (Å²) in [7, 11) is 0. The van der Waals surface area contributed by atoms with E-state index >= 15 is 0 Å². The van der Waals surface area contributed by atoms with Crippen LogP contribution in [0, 0.1) is 0 Å². The molecular weight excluding hydrogens is 324 g/mol. The van der Waals surface area contributed by atoms with E-state index in [1.807, 2.05) is 24.3 Å². The average Bonchev–Trinajstić information content (AvgIpc) is 2.81. The van der Waals surface area contributed by atoms with Crippen molar-refractivity contribution in [3.63, 3.8) is 0 Å². The Hall–Kier alpha value is -3.19. The minimum Gasteiger partial charge on any atom is -0.351 e. The third kappa shape index (κ3) is 3.41. The molecule has 3 amide bonds. The molecule has 3 N–H and O–H groups in total. The summed E-state index contributed by atoms with van der Waals surface area (Å²) in [6, 6.07) is 4.71. The Kier molecular flexibility index (Phi) is 4.53. The minimum absolute atomic E-state index is 0.258. The maximum Gasteiger partial charge on any atom is 0.317 e. The van der Waals surface area contributed by atoms with E-state index in [-0.39, 0.29) is 5.91 Å². The lowest BCUT2D eigenvalue weighted by Gasteiger charge is -2.13. The van der Waals surface area contributed by atoms with Gasteiger partial charge in [0.15, 0.2) is 0 Å². The van der Waals surface area contributed by atoms with Crippen LogP contribution in [0.15, 0.2) is 67.3 Å². The fourth-order valence-electron chi connectivity index (χ4n) is 2.15. The Morgan fingerprint density at radius 3 is 2.38 bits per heavy atom. The number of carbonyl (C=O) groups excluding carboxylic acids is 2. The molecule has 1 aliphatic rings. The van der Waals surface area contributed by atoms with Crippen molar-refractivity contribution in [3.8, 4) is 10.4 Å². The van der Waals surface area contributed by atoms with Crippen molar-refractivity contribution < 1.29 is 9.59 Å². The van der Waals surface area contributed by atoms with Gasteiger partial charge < -0.3 is 5.73 Å². The van der Waals surface area contributed by atoms with E-state index in [2.05, 4.69) is 10.3 Å². The first kappa shape index (κ1) is 15.7. The zero-order chi connectivity index (χ0) is 16.9. The number of nitrogens with zero attached hydrogens (tertiary/aromatic N) is 2. The molecular formula is C17H14N4O2S. The zero-order valence-corrected chi connectivity index (χ0v) is 13.4. The van der Waals surface area contributed by atoms with Crippen molar-refractivity contribution in [2.75, 3.05) is 5.32 Å². The summed E-state index contributed by atoms with van der Waals surface area (Å²) in [6.07, 6.45) is 13.8. The normalized spacial score (nSPS) is 12.9. The first-order valence-corrected chi connectivity index (χ1v) is 7.92. The highest BCUT2D eigenvalue weighted by Gasteiger charge is 2.21. The van der Waals surface area contributed by atoms with Crippen LogP contribution in [0.5, 0.6) is 0 Å². The predicted octanol–water partition coefficient (Wildman–Crippen LogP) is 3.34. The maximum absolute atomic E-state index is 12.8. The summed E-state index contributed by atoms with van der Waals surface area (Å²) in [5.74, 6) is -0.258. The van der Waals surface area contributed by atoms with Gasteiger partial charge in [0.05, 0.1) is 5.56 Å². The number of carbonyl (C=O) groups is 2. The summed E-state index contributed by atoms with van der Waals surface area (Å²) in [6.45, 7) is 0. The third-order valence-electron chi connectivity index (χ3n) is 3.23. The number of primary amides is 1. The molecule has 0 saturated carbocycles. The maximum atomic E-state index is 12.8. The fourth-order valence-corrected chi connectivity index (χ4v) is 3.21. The molecule has 1 aliphatic heterocycles. The Morgan fingerprint density at radius 1 is 1.08 bits per heavy atom. The summed E-state index contributed by atoms with van der Waals surface area (Å²) >= 11 is 1.29. The number of nitrogens with two attached hydrogens (primary N) is 1. The van der Waals surface area contributed by atoms with Crippen molar-refractivity contribution >= 4 is 28.3 Å². The number of pyridine rings is 1. The van der Waals surface area contributed by atoms with Crippen LogP contribution in [-0.2, 0) is 0 Å². The molecule has 120 valence electrons. The molecule has 0 spiro atoms. The van der Waals surface area contributed by atoms with Gasteiger partial charge >= 0.3 is 6.03 Å². The number of rotatable bonds is 3. The van der Waals surface area contributed by atoms with E-state index in [1.54, 1.807) is 43.0 Å². The summed E-state index contributed by atoms with van der Waals surface area (Å²) in [4.78, 5) is 30.3. The minimum atomic E-state index is -0.712. The van der Waals surface area contributed by atoms with Crippen molar-refractivity contribution in [2.24, 2.45) is 5.73 Å². The van der Waals surface area contributed by atoms with Crippen LogP contribution in [0.1, 0.15) is 10.4 Å². The molecule has 6 nitrogen and oxygen atoms in total. The van der Waals surface area contributed by atoms with Gasteiger partial charge in [-0.15, -0.1) is 11.3 Å². The molecule has 0 aromatic carbocycles. The number of thiophene rings is 1. The quantitative estimate of drug-likeness (QED) is 0.899. The predicted molar refractivity (Wildman–Crippen MR) is 94.3 cm³/mol. The second-order valence-corrected chi connectivity index (χ2v) is 5.91. The molecule has 0 unspecified atom stereocenters. The van der Waals surface area contributed by atoms with Gasteiger partial charge in [-0.3, -0.25) is 20.0 Å². The molecule has 3 rings (SSSR count). The zero-order valence-electron chi connectivity index (χ0n) is 12.5. The van der Waals surface area contributed by atoms with E-state index in [4.69, 9.17) is 5.73 Å². The third-order valence-corrected chi connectivity index (χ3v) is 4.32. The van der Waals surface area contributed by atoms with Crippen LogP contribution >= 0.6 is 11.3 Å². The molecule has 0 bridgehead atoms. The van der Waals surface area contributed by atoms with E-state index in [0.717, 1.165) is 10.4 Å². The Balaban J connectivity index is 2.00. The highest BCUT2D eigenvalue weighted by molar-refractivity contribution is 7.20. The van der Waals surface area contributed by atoms with Gasteiger partial charge in [0.1, 0.15) is 5.00 Å². The molecule has 0 atom stereocenters. The topological polar surface area (TPSA) is 88.3 Å². The van der Waals surface area contributed by atoms with Gasteiger partial charge in [0, 0.05) is 29.7 Å². The van der Waals surface area contributed by atoms with Crippen molar-refractivity contribution in [1.82, 2.24) is 9.88 Å². The summed E-state index contributed by atoms with van der Waals surface area (Å²) < 4.78 is 0. The average molecular weight is 338 g/mol. The number of hydrogen-bond acceptors (Lipinski definition) is 4. The molecule has 7 heteroatoms. The smallest absolute Gasteiger partial charge is 0.317 e. The molecule has 0 aliphatic carbocycles. The standard InChI is InChI=1S/C17H14N4O2S/c18-17(23)20-15-13(16(22)21-9-3-1-2-4-10-21)11-14(24-15)12-5-7-19-8-6-12/h1-11H,(H3,18,20,23). The Bertz CT molecular complexity index is 837. The largest absolute Gasteiger partial charge is 0.351 e. The lowest BCUT2D eigenvalue weighted by molar-refractivity contribution is 0.0871. The van der Waals surface area contributed by atoms with Crippen LogP contribution in [0.4, 0.5) is 9.80 Å². The molecule has 3 heterocycles. The van der Waals surface area contributed by atoms with Gasteiger partial charge in [0.25, 0.3) is 5.91 Å². The van der Waals surface area contributed by atoms with Gasteiger partial charge in [0.2, 0.25) is 0 Å². The number of urea groups is 1. The molecule has 2 aromatic rings. The van der Waals surface area contributed by atoms with Crippen LogP contribution in [0.25, 0.3) is 10.4 Å². The second-order valence-electron chi connectivity index (χ2n) is 4.86. The number of hydrogen-bond donors (Lipinski definition) is 2.